The van der Waals surface area contributed by atoms with Crippen molar-refractivity contribution >= 4 is 6.41 Å². The van der Waals surface area contributed by atoms with Crippen LogP contribution in [-0.4, -0.2) is 17.9 Å². The van der Waals surface area contributed by atoms with Gasteiger partial charge in [-0.2, -0.15) is 0 Å². The van der Waals surface area contributed by atoms with Crippen LogP contribution in [0.3, 0.4) is 0 Å². The normalized spacial score (nSPS) is 9.42. The Morgan fingerprint density at radius 1 is 1.75 bits per heavy atom. The molecule has 0 aliphatic rings. The first-order chi connectivity index (χ1) is 5.83. The number of hydrogen-bond acceptors (Lipinski definition) is 2. The third-order valence-corrected chi connectivity index (χ3v) is 1.50. The highest BCUT2D eigenvalue weighted by atomic mass is 16.1. The van der Waals surface area contributed by atoms with Crippen LogP contribution in [0.2, 0.25) is 0 Å². The predicted octanol–water partition coefficient (Wildman–Crippen LogP) is -0.805. The molecule has 1 N–H and O–H groups in total. The Bertz CT molecular complexity index is 262. The van der Waals surface area contributed by atoms with Crippen LogP contribution in [0, 0.1) is 0 Å². The van der Waals surface area contributed by atoms with E-state index in [0.717, 1.165) is 12.1 Å². The van der Waals surface area contributed by atoms with Crippen LogP contribution in [0.4, 0.5) is 0 Å². The summed E-state index contributed by atoms with van der Waals surface area (Å²) in [7, 11) is 1.94. The average molecular weight is 166 g/mol. The third-order valence-electron chi connectivity index (χ3n) is 1.50. The van der Waals surface area contributed by atoms with Gasteiger partial charge in [0.05, 0.1) is 6.20 Å². The molecule has 4 nitrogen and oxygen atoms in total. The fraction of sp³-hybridized carbons (Fsp3) is 0.375. The minimum Gasteiger partial charge on any atom is -0.358 e. The molecule has 0 saturated carbocycles. The van der Waals surface area contributed by atoms with Crippen molar-refractivity contribution in [1.29, 1.82) is 0 Å². The largest absolute Gasteiger partial charge is 0.358 e. The number of nitrogens with one attached hydrogen (secondary N) is 1. The minimum atomic E-state index is 0.639. The zero-order valence-electron chi connectivity index (χ0n) is 7.03. The van der Waals surface area contributed by atoms with Gasteiger partial charge in [-0.3, -0.25) is 4.79 Å². The van der Waals surface area contributed by atoms with Crippen molar-refractivity contribution in [2.45, 2.75) is 6.42 Å². The lowest BCUT2D eigenvalue weighted by Crippen LogP contribution is -2.28. The number of carbonyl (C=O) groups excluding carboxylic acids is 1. The van der Waals surface area contributed by atoms with Gasteiger partial charge in [0.25, 0.3) is 0 Å². The number of nitrogens with zero attached hydrogens (tertiary/aromatic N) is 2. The Hall–Kier alpha value is -1.45. The molecular weight excluding hydrogens is 154 g/mol. The molecule has 0 radical (unpaired) electrons. The van der Waals surface area contributed by atoms with Crippen LogP contribution in [0.15, 0.2) is 18.6 Å². The molecule has 1 heterocycles. The number of amides is 1. The maximum Gasteiger partial charge on any atom is 0.207 e. The lowest BCUT2D eigenvalue weighted by atomic mass is 10.3. The SMILES string of the molecule is C[n+]1ccnc(CCNC=O)c1. The molecule has 0 fully saturated rings. The van der Waals surface area contributed by atoms with E-state index in [4.69, 9.17) is 0 Å². The summed E-state index contributed by atoms with van der Waals surface area (Å²) in [5, 5.41) is 2.59. The highest BCUT2D eigenvalue weighted by Gasteiger charge is 1.98. The van der Waals surface area contributed by atoms with E-state index in [1.54, 1.807) is 6.20 Å². The van der Waals surface area contributed by atoms with Gasteiger partial charge in [0.2, 0.25) is 6.41 Å². The van der Waals surface area contributed by atoms with Crippen LogP contribution < -0.4 is 9.88 Å². The first-order valence-corrected chi connectivity index (χ1v) is 3.80. The lowest BCUT2D eigenvalue weighted by Gasteiger charge is -1.96. The van der Waals surface area contributed by atoms with Crippen molar-refractivity contribution in [2.24, 2.45) is 7.05 Å². The molecule has 0 unspecified atom stereocenters. The first-order valence-electron chi connectivity index (χ1n) is 3.80. The fourth-order valence-corrected chi connectivity index (χ4v) is 0.934. The average Bonchev–Trinajstić information content (AvgIpc) is 2.05. The quantitative estimate of drug-likeness (QED) is 0.361. The molecule has 64 valence electrons. The number of aromatic nitrogens is 2. The summed E-state index contributed by atoms with van der Waals surface area (Å²) in [5.74, 6) is 0. The van der Waals surface area contributed by atoms with Gasteiger partial charge in [-0.1, -0.05) is 0 Å². The van der Waals surface area contributed by atoms with Crippen LogP contribution in [-0.2, 0) is 18.3 Å². The molecule has 0 aliphatic heterocycles. The van der Waals surface area contributed by atoms with E-state index in [2.05, 4.69) is 10.3 Å². The van der Waals surface area contributed by atoms with E-state index in [1.807, 2.05) is 24.0 Å². The third kappa shape index (κ3) is 2.65. The Labute approximate surface area is 71.3 Å². The second kappa shape index (κ2) is 4.43. The van der Waals surface area contributed by atoms with Crippen molar-refractivity contribution in [2.75, 3.05) is 6.54 Å². The summed E-state index contributed by atoms with van der Waals surface area (Å²) in [5.41, 5.74) is 0.981. The molecule has 1 amide bonds. The summed E-state index contributed by atoms with van der Waals surface area (Å²) in [6.45, 7) is 0.639. The monoisotopic (exact) mass is 166 g/mol. The zero-order valence-corrected chi connectivity index (χ0v) is 7.03. The molecule has 0 aliphatic carbocycles. The summed E-state index contributed by atoms with van der Waals surface area (Å²) in [4.78, 5) is 14.1. The van der Waals surface area contributed by atoms with Gasteiger partial charge in [-0.15, -0.1) is 0 Å². The van der Waals surface area contributed by atoms with Crippen molar-refractivity contribution in [3.05, 3.63) is 24.3 Å². The minimum absolute atomic E-state index is 0.639. The van der Waals surface area contributed by atoms with E-state index in [0.29, 0.717) is 13.0 Å². The number of carbonyl (C=O) groups is 1. The van der Waals surface area contributed by atoms with Crippen molar-refractivity contribution < 1.29 is 9.36 Å². The van der Waals surface area contributed by atoms with Gasteiger partial charge in [-0.25, -0.2) is 9.55 Å². The Morgan fingerprint density at radius 2 is 2.58 bits per heavy atom. The van der Waals surface area contributed by atoms with E-state index in [-0.39, 0.29) is 0 Å². The smallest absolute Gasteiger partial charge is 0.207 e. The lowest BCUT2D eigenvalue weighted by molar-refractivity contribution is -0.672. The fourth-order valence-electron chi connectivity index (χ4n) is 0.934. The van der Waals surface area contributed by atoms with E-state index >= 15 is 0 Å². The molecule has 12 heavy (non-hydrogen) atoms. The van der Waals surface area contributed by atoms with Gasteiger partial charge in [-0.05, 0) is 0 Å². The zero-order chi connectivity index (χ0) is 8.81. The molecule has 1 rings (SSSR count). The van der Waals surface area contributed by atoms with Crippen molar-refractivity contribution in [1.82, 2.24) is 10.3 Å². The molecule has 1 aromatic rings. The molecule has 0 aromatic carbocycles. The molecule has 0 spiro atoms. The number of hydrogen-bond donors (Lipinski definition) is 1. The molecule has 1 aromatic heterocycles. The molecular formula is C8H12N3O+. The maximum absolute atomic E-state index is 9.93. The van der Waals surface area contributed by atoms with Crippen LogP contribution in [0.1, 0.15) is 5.69 Å². The second-order valence-electron chi connectivity index (χ2n) is 2.54. The van der Waals surface area contributed by atoms with Crippen LogP contribution >= 0.6 is 0 Å². The summed E-state index contributed by atoms with van der Waals surface area (Å²) in [6, 6.07) is 0. The van der Waals surface area contributed by atoms with E-state index in [9.17, 15) is 4.79 Å². The highest BCUT2D eigenvalue weighted by Crippen LogP contribution is 1.87. The Balaban J connectivity index is 2.46. The summed E-state index contributed by atoms with van der Waals surface area (Å²) < 4.78 is 1.93. The van der Waals surface area contributed by atoms with Gasteiger partial charge in [0.15, 0.2) is 12.4 Å². The van der Waals surface area contributed by atoms with E-state index in [1.165, 1.54) is 0 Å². The maximum atomic E-state index is 9.93. The van der Waals surface area contributed by atoms with Crippen LogP contribution in [0.5, 0.6) is 0 Å². The van der Waals surface area contributed by atoms with Crippen LogP contribution in [0.25, 0.3) is 0 Å². The highest BCUT2D eigenvalue weighted by molar-refractivity contribution is 5.45. The number of aryl methyl sites for hydroxylation is 1. The second-order valence-corrected chi connectivity index (χ2v) is 2.54. The molecule has 4 heteroatoms. The van der Waals surface area contributed by atoms with Gasteiger partial charge in [0.1, 0.15) is 12.7 Å². The first kappa shape index (κ1) is 8.64. The molecule has 0 saturated heterocycles. The summed E-state index contributed by atoms with van der Waals surface area (Å²) in [6.07, 6.45) is 7.02. The van der Waals surface area contributed by atoms with Crippen molar-refractivity contribution in [3.8, 4) is 0 Å². The number of rotatable bonds is 4. The van der Waals surface area contributed by atoms with Gasteiger partial charge in [0, 0.05) is 13.0 Å². The molecule has 0 bridgehead atoms. The Morgan fingerprint density at radius 3 is 3.25 bits per heavy atom. The van der Waals surface area contributed by atoms with Gasteiger partial charge >= 0.3 is 0 Å². The Kier molecular flexibility index (Phi) is 3.19. The predicted molar refractivity (Wildman–Crippen MR) is 43.2 cm³/mol. The summed E-state index contributed by atoms with van der Waals surface area (Å²) >= 11 is 0. The van der Waals surface area contributed by atoms with Crippen molar-refractivity contribution in [3.63, 3.8) is 0 Å². The topological polar surface area (TPSA) is 45.9 Å². The molecule has 0 atom stereocenters. The van der Waals surface area contributed by atoms with E-state index < -0.39 is 0 Å². The standard InChI is InChI=1S/C8H11N3O/c1-11-5-4-10-8(6-11)2-3-9-7-12/h4-7H,2-3H2,1H3/p+1. The van der Waals surface area contributed by atoms with Gasteiger partial charge < -0.3 is 5.32 Å².